The van der Waals surface area contributed by atoms with Gasteiger partial charge in [-0.05, 0) is 49.7 Å². The van der Waals surface area contributed by atoms with Crippen molar-refractivity contribution < 1.29 is 23.4 Å². The van der Waals surface area contributed by atoms with Crippen LogP contribution in [-0.4, -0.2) is 27.0 Å². The molecule has 5 aromatic rings. The highest BCUT2D eigenvalue weighted by molar-refractivity contribution is 7.20. The average Bonchev–Trinajstić information content (AvgIpc) is 3.50. The van der Waals surface area contributed by atoms with Crippen molar-refractivity contribution >= 4 is 27.3 Å². The molecule has 8 heteroatoms. The third-order valence-electron chi connectivity index (χ3n) is 5.16. The van der Waals surface area contributed by atoms with Gasteiger partial charge in [-0.2, -0.15) is 0 Å². The van der Waals surface area contributed by atoms with Gasteiger partial charge in [0.1, 0.15) is 11.6 Å². The molecular weight excluding hydrogens is 443 g/mol. The van der Waals surface area contributed by atoms with Gasteiger partial charge in [-0.15, -0.1) is 0 Å². The molecule has 0 unspecified atom stereocenters. The zero-order chi connectivity index (χ0) is 23.1. The maximum Gasteiger partial charge on any atom is 0.242 e. The van der Waals surface area contributed by atoms with Gasteiger partial charge in [0.05, 0.1) is 28.1 Å². The van der Waals surface area contributed by atoms with Crippen molar-refractivity contribution in [2.24, 2.45) is 0 Å². The standard InChI is InChI=1S/C25H19FN2O4S/c1-3-31-23-20(22(29)18-12-9-14(2)32-18)21(15-7-5-4-6-8-15)28(24(23)30)25-27-17-11-10-16(26)13-19(17)33-25/h4-13,30H,3H2,1-2H3. The second kappa shape index (κ2) is 8.22. The van der Waals surface area contributed by atoms with E-state index in [0.717, 1.165) is 0 Å². The van der Waals surface area contributed by atoms with E-state index in [9.17, 15) is 14.3 Å². The number of aromatic nitrogens is 2. The third kappa shape index (κ3) is 3.58. The molecule has 2 aromatic carbocycles. The van der Waals surface area contributed by atoms with Crippen molar-refractivity contribution in [1.82, 2.24) is 9.55 Å². The molecule has 0 amide bonds. The lowest BCUT2D eigenvalue weighted by Crippen LogP contribution is -2.05. The van der Waals surface area contributed by atoms with Gasteiger partial charge in [0.15, 0.2) is 16.6 Å². The number of nitrogens with zero attached hydrogens (tertiary/aromatic N) is 2. The van der Waals surface area contributed by atoms with E-state index in [2.05, 4.69) is 4.98 Å². The molecule has 1 N–H and O–H groups in total. The number of benzene rings is 2. The third-order valence-corrected chi connectivity index (χ3v) is 6.16. The summed E-state index contributed by atoms with van der Waals surface area (Å²) in [5.74, 6) is -0.297. The van der Waals surface area contributed by atoms with Crippen molar-refractivity contribution in [2.75, 3.05) is 6.61 Å². The molecule has 0 saturated carbocycles. The Hall–Kier alpha value is -3.91. The van der Waals surface area contributed by atoms with E-state index < -0.39 is 5.78 Å². The van der Waals surface area contributed by atoms with Gasteiger partial charge in [-0.25, -0.2) is 9.37 Å². The Morgan fingerprint density at radius 1 is 1.18 bits per heavy atom. The maximum absolute atomic E-state index is 13.8. The highest BCUT2D eigenvalue weighted by Crippen LogP contribution is 2.46. The van der Waals surface area contributed by atoms with Crippen molar-refractivity contribution in [3.8, 4) is 28.0 Å². The second-order valence-corrected chi connectivity index (χ2v) is 8.37. The van der Waals surface area contributed by atoms with Crippen LogP contribution < -0.4 is 4.74 Å². The van der Waals surface area contributed by atoms with Crippen LogP contribution in [0.25, 0.3) is 26.6 Å². The molecule has 0 aliphatic rings. The first-order chi connectivity index (χ1) is 16.0. The molecule has 3 aromatic heterocycles. The Bertz CT molecular complexity index is 1480. The summed E-state index contributed by atoms with van der Waals surface area (Å²) in [4.78, 5) is 18.2. The molecule has 3 heterocycles. The monoisotopic (exact) mass is 462 g/mol. The Labute approximate surface area is 192 Å². The van der Waals surface area contributed by atoms with Crippen molar-refractivity contribution in [3.63, 3.8) is 0 Å². The first kappa shape index (κ1) is 21.0. The topological polar surface area (TPSA) is 77.5 Å². The average molecular weight is 463 g/mol. The van der Waals surface area contributed by atoms with Gasteiger partial charge in [-0.3, -0.25) is 9.36 Å². The zero-order valence-corrected chi connectivity index (χ0v) is 18.6. The molecule has 0 bridgehead atoms. The van der Waals surface area contributed by atoms with E-state index in [1.165, 1.54) is 28.0 Å². The number of furan rings is 1. The minimum Gasteiger partial charge on any atom is -0.492 e. The molecule has 5 rings (SSSR count). The summed E-state index contributed by atoms with van der Waals surface area (Å²) in [6.45, 7) is 3.75. The Balaban J connectivity index is 1.84. The Kier molecular flexibility index (Phi) is 5.22. The second-order valence-electron chi connectivity index (χ2n) is 7.36. The number of ether oxygens (including phenoxy) is 1. The molecule has 0 saturated heterocycles. The lowest BCUT2D eigenvalue weighted by atomic mass is 10.0. The van der Waals surface area contributed by atoms with E-state index in [1.54, 1.807) is 32.0 Å². The highest BCUT2D eigenvalue weighted by Gasteiger charge is 2.33. The van der Waals surface area contributed by atoms with Crippen LogP contribution >= 0.6 is 11.3 Å². The molecule has 6 nitrogen and oxygen atoms in total. The lowest BCUT2D eigenvalue weighted by Gasteiger charge is -2.09. The van der Waals surface area contributed by atoms with Crippen LogP contribution in [0.15, 0.2) is 65.1 Å². The predicted octanol–water partition coefficient (Wildman–Crippen LogP) is 6.13. The Morgan fingerprint density at radius 3 is 2.67 bits per heavy atom. The molecule has 33 heavy (non-hydrogen) atoms. The first-order valence-corrected chi connectivity index (χ1v) is 11.1. The van der Waals surface area contributed by atoms with Crippen LogP contribution in [0.5, 0.6) is 11.6 Å². The summed E-state index contributed by atoms with van der Waals surface area (Å²) in [5, 5.41) is 11.6. The normalized spacial score (nSPS) is 11.2. The summed E-state index contributed by atoms with van der Waals surface area (Å²) < 4.78 is 27.2. The number of hydrogen-bond donors (Lipinski definition) is 1. The lowest BCUT2D eigenvalue weighted by molar-refractivity contribution is 0.100. The SMILES string of the molecule is CCOc1c(C(=O)c2ccc(C)o2)c(-c2ccccc2)n(-c2nc3ccc(F)cc3s2)c1O. The molecule has 0 atom stereocenters. The molecule has 0 aliphatic carbocycles. The van der Waals surface area contributed by atoms with Crippen LogP contribution in [0.3, 0.4) is 0 Å². The quantitative estimate of drug-likeness (QED) is 0.307. The fraction of sp³-hybridized carbons (Fsp3) is 0.120. The largest absolute Gasteiger partial charge is 0.492 e. The highest BCUT2D eigenvalue weighted by atomic mass is 32.1. The van der Waals surface area contributed by atoms with E-state index in [1.807, 2.05) is 30.3 Å². The number of halogens is 1. The number of ketones is 1. The smallest absolute Gasteiger partial charge is 0.242 e. The molecule has 0 aliphatic heterocycles. The zero-order valence-electron chi connectivity index (χ0n) is 17.8. The Morgan fingerprint density at radius 2 is 1.97 bits per heavy atom. The fourth-order valence-electron chi connectivity index (χ4n) is 3.75. The van der Waals surface area contributed by atoms with Crippen LogP contribution in [0.1, 0.15) is 28.8 Å². The van der Waals surface area contributed by atoms with Gasteiger partial charge in [0, 0.05) is 0 Å². The molecule has 166 valence electrons. The van der Waals surface area contributed by atoms with Gasteiger partial charge >= 0.3 is 0 Å². The summed E-state index contributed by atoms with van der Waals surface area (Å²) in [7, 11) is 0. The van der Waals surface area contributed by atoms with Crippen LogP contribution in [0.2, 0.25) is 0 Å². The summed E-state index contributed by atoms with van der Waals surface area (Å²) >= 11 is 1.20. The van der Waals surface area contributed by atoms with E-state index >= 15 is 0 Å². The summed E-state index contributed by atoms with van der Waals surface area (Å²) in [5.41, 5.74) is 1.84. The predicted molar refractivity (Wildman–Crippen MR) is 124 cm³/mol. The maximum atomic E-state index is 13.8. The van der Waals surface area contributed by atoms with Crippen molar-refractivity contribution in [3.05, 3.63) is 83.6 Å². The molecule has 0 radical (unpaired) electrons. The number of aromatic hydroxyl groups is 1. The van der Waals surface area contributed by atoms with E-state index in [-0.39, 0.29) is 35.4 Å². The molecule has 0 fully saturated rings. The number of carbonyl (C=O) groups is 1. The summed E-state index contributed by atoms with van der Waals surface area (Å²) in [6.07, 6.45) is 0. The fourth-order valence-corrected chi connectivity index (χ4v) is 4.75. The van der Waals surface area contributed by atoms with E-state index in [4.69, 9.17) is 9.15 Å². The minimum absolute atomic E-state index is 0.0424. The van der Waals surface area contributed by atoms with Gasteiger partial charge in [0.25, 0.3) is 0 Å². The number of thiazole rings is 1. The van der Waals surface area contributed by atoms with Crippen molar-refractivity contribution in [2.45, 2.75) is 13.8 Å². The summed E-state index contributed by atoms with van der Waals surface area (Å²) in [6, 6.07) is 16.8. The molecular formula is C25H19FN2O4S. The van der Waals surface area contributed by atoms with E-state index in [0.29, 0.717) is 32.4 Å². The number of fused-ring (bicyclic) bond motifs is 1. The van der Waals surface area contributed by atoms with Crippen LogP contribution in [0.4, 0.5) is 4.39 Å². The van der Waals surface area contributed by atoms with Gasteiger partial charge in [0.2, 0.25) is 11.7 Å². The van der Waals surface area contributed by atoms with Crippen LogP contribution in [-0.2, 0) is 0 Å². The number of carbonyl (C=O) groups excluding carboxylic acids is 1. The number of rotatable bonds is 6. The minimum atomic E-state index is -0.424. The van der Waals surface area contributed by atoms with Crippen LogP contribution in [0, 0.1) is 12.7 Å². The number of hydrogen-bond acceptors (Lipinski definition) is 6. The first-order valence-electron chi connectivity index (χ1n) is 10.3. The molecule has 0 spiro atoms. The van der Waals surface area contributed by atoms with Crippen molar-refractivity contribution in [1.29, 1.82) is 0 Å². The van der Waals surface area contributed by atoms with Gasteiger partial charge < -0.3 is 14.3 Å². The van der Waals surface area contributed by atoms with Gasteiger partial charge in [-0.1, -0.05) is 41.7 Å². The number of aryl methyl sites for hydroxylation is 1.